The zero-order valence-corrected chi connectivity index (χ0v) is 14.0. The number of para-hydroxylation sites is 1. The number of rotatable bonds is 4. The predicted octanol–water partition coefficient (Wildman–Crippen LogP) is 3.81. The molecule has 1 aliphatic heterocycles. The van der Waals surface area contributed by atoms with E-state index in [1.807, 2.05) is 42.5 Å². The predicted molar refractivity (Wildman–Crippen MR) is 96.1 cm³/mol. The van der Waals surface area contributed by atoms with Gasteiger partial charge in [-0.2, -0.15) is 0 Å². The van der Waals surface area contributed by atoms with Crippen LogP contribution in [-0.2, 0) is 16.0 Å². The van der Waals surface area contributed by atoms with Gasteiger partial charge < -0.3 is 5.11 Å². The van der Waals surface area contributed by atoms with Crippen molar-refractivity contribution in [3.05, 3.63) is 64.6 Å². The van der Waals surface area contributed by atoms with Gasteiger partial charge in [-0.25, -0.2) is 0 Å². The van der Waals surface area contributed by atoms with Crippen LogP contribution in [0.25, 0.3) is 6.08 Å². The molecule has 0 radical (unpaired) electrons. The van der Waals surface area contributed by atoms with E-state index in [9.17, 15) is 9.59 Å². The lowest BCUT2D eigenvalue weighted by Gasteiger charge is -2.28. The molecule has 1 amide bonds. The summed E-state index contributed by atoms with van der Waals surface area (Å²) in [5.74, 6) is -1.31. The monoisotopic (exact) mass is 339 g/mol. The van der Waals surface area contributed by atoms with Crippen LogP contribution in [0.4, 0.5) is 5.69 Å². The number of carboxylic acid groups (broad SMARTS) is 1. The van der Waals surface area contributed by atoms with Gasteiger partial charge >= 0.3 is 5.97 Å². The van der Waals surface area contributed by atoms with Gasteiger partial charge in [0.25, 0.3) is 5.91 Å². The molecule has 0 aromatic heterocycles. The first-order valence-corrected chi connectivity index (χ1v) is 8.51. The molecule has 1 aliphatic rings. The van der Waals surface area contributed by atoms with Crippen LogP contribution in [0.2, 0.25) is 0 Å². The number of nitrogens with zero attached hydrogens (tertiary/aromatic N) is 1. The lowest BCUT2D eigenvalue weighted by atomic mass is 10.1. The summed E-state index contributed by atoms with van der Waals surface area (Å²) in [5.41, 5.74) is 2.81. The van der Waals surface area contributed by atoms with Crippen molar-refractivity contribution >= 4 is 35.4 Å². The Labute approximate surface area is 144 Å². The Morgan fingerprint density at radius 1 is 1.17 bits per heavy atom. The molecule has 122 valence electrons. The van der Waals surface area contributed by atoms with E-state index >= 15 is 0 Å². The number of hydrogen-bond acceptors (Lipinski definition) is 3. The lowest BCUT2D eigenvalue weighted by Crippen LogP contribution is -2.38. The number of amides is 1. The standard InChI is InChI=1S/C19H17NO3S/c1-2-13-7-9-14(10-8-13)11-17-19(23)20(12-18(21)22)15-5-3-4-6-16(15)24-17/h3-11H,2,12H2,1H3,(H,21,22)/b17-11-. The molecular weight excluding hydrogens is 322 g/mol. The topological polar surface area (TPSA) is 57.6 Å². The third-order valence-corrected chi connectivity index (χ3v) is 4.89. The minimum atomic E-state index is -1.03. The maximum Gasteiger partial charge on any atom is 0.323 e. The smallest absolute Gasteiger partial charge is 0.323 e. The summed E-state index contributed by atoms with van der Waals surface area (Å²) in [6.07, 6.45) is 2.78. The number of hydrogen-bond donors (Lipinski definition) is 1. The van der Waals surface area contributed by atoms with Crippen molar-refractivity contribution in [3.63, 3.8) is 0 Å². The number of carbonyl (C=O) groups is 2. The maximum absolute atomic E-state index is 12.7. The van der Waals surface area contributed by atoms with Crippen molar-refractivity contribution in [1.82, 2.24) is 0 Å². The molecule has 0 aliphatic carbocycles. The molecule has 2 aromatic rings. The van der Waals surface area contributed by atoms with Crippen LogP contribution < -0.4 is 4.90 Å². The fourth-order valence-corrected chi connectivity index (χ4v) is 3.61. The van der Waals surface area contributed by atoms with Gasteiger partial charge in [0.2, 0.25) is 0 Å². The van der Waals surface area contributed by atoms with Gasteiger partial charge in [-0.05, 0) is 35.8 Å². The quantitative estimate of drug-likeness (QED) is 0.861. The molecule has 1 N–H and O–H groups in total. The first-order chi connectivity index (χ1) is 11.6. The first kappa shape index (κ1) is 16.3. The molecule has 0 atom stereocenters. The van der Waals surface area contributed by atoms with Gasteiger partial charge in [0.15, 0.2) is 0 Å². The fourth-order valence-electron chi connectivity index (χ4n) is 2.56. The molecule has 0 saturated carbocycles. The van der Waals surface area contributed by atoms with Crippen molar-refractivity contribution in [3.8, 4) is 0 Å². The maximum atomic E-state index is 12.7. The van der Waals surface area contributed by atoms with Crippen LogP contribution in [0.1, 0.15) is 18.1 Å². The fraction of sp³-hybridized carbons (Fsp3) is 0.158. The second-order valence-electron chi connectivity index (χ2n) is 5.46. The van der Waals surface area contributed by atoms with Crippen LogP contribution in [0, 0.1) is 0 Å². The second kappa shape index (κ2) is 6.93. The van der Waals surface area contributed by atoms with Gasteiger partial charge in [-0.1, -0.05) is 55.1 Å². The lowest BCUT2D eigenvalue weighted by molar-refractivity contribution is -0.136. The Hall–Kier alpha value is -2.53. The minimum absolute atomic E-state index is 0.277. The van der Waals surface area contributed by atoms with E-state index in [0.29, 0.717) is 10.6 Å². The highest BCUT2D eigenvalue weighted by Crippen LogP contribution is 2.41. The highest BCUT2D eigenvalue weighted by Gasteiger charge is 2.30. The Morgan fingerprint density at radius 3 is 2.54 bits per heavy atom. The normalized spacial score (nSPS) is 15.5. The Balaban J connectivity index is 1.98. The van der Waals surface area contributed by atoms with E-state index in [1.54, 1.807) is 12.1 Å². The van der Waals surface area contributed by atoms with Crippen molar-refractivity contribution in [2.45, 2.75) is 18.2 Å². The zero-order valence-electron chi connectivity index (χ0n) is 13.2. The Bertz CT molecular complexity index is 812. The first-order valence-electron chi connectivity index (χ1n) is 7.69. The van der Waals surface area contributed by atoms with E-state index in [1.165, 1.54) is 22.2 Å². The molecule has 1 heterocycles. The average Bonchev–Trinajstić information content (AvgIpc) is 2.59. The van der Waals surface area contributed by atoms with Crippen LogP contribution in [-0.4, -0.2) is 23.5 Å². The molecule has 0 spiro atoms. The SMILES string of the molecule is CCc1ccc(/C=C2\Sc3ccccc3N(CC(=O)O)C2=O)cc1. The number of anilines is 1. The second-order valence-corrected chi connectivity index (χ2v) is 6.54. The number of carboxylic acids is 1. The zero-order chi connectivity index (χ0) is 17.1. The van der Waals surface area contributed by atoms with Crippen LogP contribution in [0.5, 0.6) is 0 Å². The largest absolute Gasteiger partial charge is 0.480 e. The average molecular weight is 339 g/mol. The van der Waals surface area contributed by atoms with Gasteiger partial charge in [-0.15, -0.1) is 0 Å². The van der Waals surface area contributed by atoms with Gasteiger partial charge in [0.1, 0.15) is 6.54 Å². The molecule has 24 heavy (non-hydrogen) atoms. The van der Waals surface area contributed by atoms with Crippen molar-refractivity contribution in [2.75, 3.05) is 11.4 Å². The summed E-state index contributed by atoms with van der Waals surface area (Å²) in [4.78, 5) is 26.6. The molecular formula is C19H17NO3S. The molecule has 4 nitrogen and oxygen atoms in total. The minimum Gasteiger partial charge on any atom is -0.480 e. The highest BCUT2D eigenvalue weighted by atomic mass is 32.2. The Morgan fingerprint density at radius 2 is 1.88 bits per heavy atom. The van der Waals surface area contributed by atoms with Crippen LogP contribution in [0.3, 0.4) is 0 Å². The van der Waals surface area contributed by atoms with Crippen LogP contribution >= 0.6 is 11.8 Å². The van der Waals surface area contributed by atoms with Gasteiger partial charge in [0.05, 0.1) is 10.6 Å². The van der Waals surface area contributed by atoms with E-state index in [-0.39, 0.29) is 12.5 Å². The number of carbonyl (C=O) groups excluding carboxylic acids is 1. The summed E-state index contributed by atoms with van der Waals surface area (Å²) in [6.45, 7) is 1.75. The van der Waals surface area contributed by atoms with E-state index in [4.69, 9.17) is 5.11 Å². The summed E-state index contributed by atoms with van der Waals surface area (Å²) in [7, 11) is 0. The van der Waals surface area contributed by atoms with Crippen LogP contribution in [0.15, 0.2) is 58.3 Å². The van der Waals surface area contributed by atoms with Gasteiger partial charge in [0, 0.05) is 4.90 Å². The van der Waals surface area contributed by atoms with E-state index in [2.05, 4.69) is 6.92 Å². The molecule has 0 fully saturated rings. The number of benzene rings is 2. The number of thioether (sulfide) groups is 1. The molecule has 3 rings (SSSR count). The van der Waals surface area contributed by atoms with E-state index in [0.717, 1.165) is 16.9 Å². The number of aryl methyl sites for hydroxylation is 1. The summed E-state index contributed by atoms with van der Waals surface area (Å²) < 4.78 is 0. The molecule has 5 heteroatoms. The molecule has 2 aromatic carbocycles. The summed E-state index contributed by atoms with van der Waals surface area (Å²) in [5, 5.41) is 9.12. The third-order valence-electron chi connectivity index (χ3n) is 3.81. The number of fused-ring (bicyclic) bond motifs is 1. The van der Waals surface area contributed by atoms with Gasteiger partial charge in [-0.3, -0.25) is 14.5 Å². The van der Waals surface area contributed by atoms with E-state index < -0.39 is 5.97 Å². The summed E-state index contributed by atoms with van der Waals surface area (Å²) in [6, 6.07) is 15.4. The molecule has 0 bridgehead atoms. The number of aliphatic carboxylic acids is 1. The third kappa shape index (κ3) is 3.36. The van der Waals surface area contributed by atoms with Crippen molar-refractivity contribution < 1.29 is 14.7 Å². The molecule has 0 unspecified atom stereocenters. The van der Waals surface area contributed by atoms with Crippen molar-refractivity contribution in [2.24, 2.45) is 0 Å². The van der Waals surface area contributed by atoms with Crippen molar-refractivity contribution in [1.29, 1.82) is 0 Å². The highest BCUT2D eigenvalue weighted by molar-refractivity contribution is 8.04. The Kier molecular flexibility index (Phi) is 4.71. The molecule has 0 saturated heterocycles. The summed E-state index contributed by atoms with van der Waals surface area (Å²) >= 11 is 1.38.